The molecule has 0 N–H and O–H groups in total. The standard InChI is InChI=1S/C38H53N7O10S/c1-35(2,3)52-32(46)43(11)20-23-13-15-24(16-14-23)30-41-42-31(51-30)28-29(45(33(47)53-36(4,5)6)34(48)54-37(7,8)9)39-19-27(40-28)44-21-25-26(55-56(12,49)50)17-18-38(25,10)22-44/h13-16,19,25-26H,17-18,20-22H2,1-12H3/t25-,26?,38-/m0/s1. The van der Waals surface area contributed by atoms with Crippen molar-refractivity contribution in [2.75, 3.05) is 36.2 Å². The highest BCUT2D eigenvalue weighted by Crippen LogP contribution is 2.50. The molecule has 2 aliphatic rings. The molecule has 3 amide bonds. The van der Waals surface area contributed by atoms with E-state index >= 15 is 0 Å². The molecule has 3 atom stereocenters. The lowest BCUT2D eigenvalue weighted by Crippen LogP contribution is -2.44. The summed E-state index contributed by atoms with van der Waals surface area (Å²) in [7, 11) is -2.04. The molecule has 306 valence electrons. The van der Waals surface area contributed by atoms with Gasteiger partial charge in [-0.2, -0.15) is 13.3 Å². The molecule has 0 spiro atoms. The minimum absolute atomic E-state index is 0.0975. The Kier molecular flexibility index (Phi) is 11.5. The van der Waals surface area contributed by atoms with E-state index in [1.807, 2.05) is 17.0 Å². The number of benzene rings is 1. The van der Waals surface area contributed by atoms with Gasteiger partial charge in [0.05, 0.1) is 18.6 Å². The molecule has 1 aromatic carbocycles. The van der Waals surface area contributed by atoms with Crippen molar-refractivity contribution in [3.8, 4) is 23.0 Å². The molecule has 1 aliphatic heterocycles. The van der Waals surface area contributed by atoms with Crippen LogP contribution in [0, 0.1) is 11.3 Å². The van der Waals surface area contributed by atoms with Crippen molar-refractivity contribution in [3.05, 3.63) is 36.0 Å². The van der Waals surface area contributed by atoms with E-state index in [9.17, 15) is 22.8 Å². The fourth-order valence-corrected chi connectivity index (χ4v) is 7.34. The van der Waals surface area contributed by atoms with Crippen LogP contribution in [0.1, 0.15) is 87.6 Å². The summed E-state index contributed by atoms with van der Waals surface area (Å²) in [6.07, 6.45) is 0.724. The number of hydrogen-bond donors (Lipinski definition) is 0. The van der Waals surface area contributed by atoms with E-state index in [1.54, 1.807) is 81.5 Å². The number of rotatable bonds is 8. The maximum absolute atomic E-state index is 13.7. The van der Waals surface area contributed by atoms with Gasteiger partial charge in [-0.05, 0) is 98.3 Å². The average Bonchev–Trinajstić information content (AvgIpc) is 3.73. The zero-order chi connectivity index (χ0) is 41.6. The molecule has 1 unspecified atom stereocenters. The highest BCUT2D eigenvalue weighted by molar-refractivity contribution is 7.86. The Morgan fingerprint density at radius 3 is 2.00 bits per heavy atom. The molecule has 3 aromatic rings. The van der Waals surface area contributed by atoms with Gasteiger partial charge in [0.2, 0.25) is 5.89 Å². The molecule has 1 aliphatic carbocycles. The lowest BCUT2D eigenvalue weighted by Gasteiger charge is -2.29. The molecule has 2 fully saturated rings. The highest BCUT2D eigenvalue weighted by atomic mass is 32.2. The summed E-state index contributed by atoms with van der Waals surface area (Å²) in [5.74, 6) is -0.0701. The number of amides is 3. The van der Waals surface area contributed by atoms with Crippen LogP contribution in [0.15, 0.2) is 34.9 Å². The Hall–Kier alpha value is -4.84. The summed E-state index contributed by atoms with van der Waals surface area (Å²) in [5.41, 5.74) is -1.63. The maximum Gasteiger partial charge on any atom is 0.425 e. The second-order valence-electron chi connectivity index (χ2n) is 17.7. The number of imide groups is 1. The lowest BCUT2D eigenvalue weighted by atomic mass is 9.82. The molecule has 1 saturated carbocycles. The molecule has 3 heterocycles. The van der Waals surface area contributed by atoms with E-state index in [0.29, 0.717) is 42.3 Å². The first-order chi connectivity index (χ1) is 25.7. The van der Waals surface area contributed by atoms with Crippen LogP contribution in [0.4, 0.5) is 26.0 Å². The average molecular weight is 800 g/mol. The predicted octanol–water partition coefficient (Wildman–Crippen LogP) is 6.82. The van der Waals surface area contributed by atoms with Gasteiger partial charge in [-0.3, -0.25) is 4.18 Å². The fourth-order valence-electron chi connectivity index (χ4n) is 6.66. The third kappa shape index (κ3) is 10.5. The van der Waals surface area contributed by atoms with Crippen molar-refractivity contribution in [1.29, 1.82) is 0 Å². The second kappa shape index (κ2) is 15.2. The third-order valence-electron chi connectivity index (χ3n) is 8.99. The third-order valence-corrected chi connectivity index (χ3v) is 9.59. The van der Waals surface area contributed by atoms with Crippen LogP contribution in [-0.2, 0) is 35.1 Å². The number of nitrogens with zero attached hydrogens (tertiary/aromatic N) is 7. The van der Waals surface area contributed by atoms with Gasteiger partial charge in [0, 0.05) is 38.2 Å². The number of ether oxygens (including phenoxy) is 3. The zero-order valence-corrected chi connectivity index (χ0v) is 35.0. The van der Waals surface area contributed by atoms with Gasteiger partial charge in [-0.15, -0.1) is 10.2 Å². The van der Waals surface area contributed by atoms with Crippen molar-refractivity contribution < 1.29 is 45.6 Å². The van der Waals surface area contributed by atoms with E-state index in [-0.39, 0.29) is 34.6 Å². The van der Waals surface area contributed by atoms with Crippen LogP contribution in [-0.4, -0.2) is 101 Å². The molecule has 5 rings (SSSR count). The van der Waals surface area contributed by atoms with Crippen LogP contribution in [0.2, 0.25) is 0 Å². The van der Waals surface area contributed by atoms with Crippen LogP contribution in [0.5, 0.6) is 0 Å². The van der Waals surface area contributed by atoms with Gasteiger partial charge in [-0.1, -0.05) is 19.1 Å². The number of anilines is 2. The Balaban J connectivity index is 1.53. The minimum atomic E-state index is -3.68. The highest BCUT2D eigenvalue weighted by Gasteiger charge is 2.53. The Labute approximate surface area is 328 Å². The van der Waals surface area contributed by atoms with Gasteiger partial charge >= 0.3 is 18.3 Å². The predicted molar refractivity (Wildman–Crippen MR) is 206 cm³/mol. The first-order valence-corrected chi connectivity index (χ1v) is 20.2. The Bertz CT molecular complexity index is 2020. The van der Waals surface area contributed by atoms with Crippen LogP contribution < -0.4 is 9.80 Å². The summed E-state index contributed by atoms with van der Waals surface area (Å²) in [4.78, 5) is 53.5. The van der Waals surface area contributed by atoms with Gasteiger partial charge in [0.15, 0.2) is 11.5 Å². The molecule has 18 heteroatoms. The van der Waals surface area contributed by atoms with E-state index in [0.717, 1.165) is 18.2 Å². The van der Waals surface area contributed by atoms with Crippen LogP contribution in [0.25, 0.3) is 23.0 Å². The van der Waals surface area contributed by atoms with Gasteiger partial charge < -0.3 is 28.4 Å². The maximum atomic E-state index is 13.7. The first-order valence-electron chi connectivity index (χ1n) is 18.3. The molecule has 17 nitrogen and oxygen atoms in total. The number of hydrogen-bond acceptors (Lipinski definition) is 15. The lowest BCUT2D eigenvalue weighted by molar-refractivity contribution is 0.0283. The number of carbonyl (C=O) groups excluding carboxylic acids is 3. The summed E-state index contributed by atoms with van der Waals surface area (Å²) < 4.78 is 52.5. The van der Waals surface area contributed by atoms with E-state index in [2.05, 4.69) is 22.1 Å². The molecular formula is C38H53N7O10S. The van der Waals surface area contributed by atoms with Crippen molar-refractivity contribution in [2.45, 2.75) is 112 Å². The zero-order valence-electron chi connectivity index (χ0n) is 34.2. The minimum Gasteiger partial charge on any atom is -0.444 e. The fraction of sp³-hybridized carbons (Fsp3) is 0.605. The van der Waals surface area contributed by atoms with Crippen LogP contribution in [0.3, 0.4) is 0 Å². The summed E-state index contributed by atoms with van der Waals surface area (Å²) in [5, 5.41) is 8.52. The topological polar surface area (TPSA) is 197 Å². The molecule has 0 radical (unpaired) electrons. The molecule has 2 aromatic heterocycles. The second-order valence-corrected chi connectivity index (χ2v) is 19.3. The largest absolute Gasteiger partial charge is 0.444 e. The van der Waals surface area contributed by atoms with E-state index in [1.165, 1.54) is 11.1 Å². The Morgan fingerprint density at radius 1 is 0.893 bits per heavy atom. The molecule has 1 saturated heterocycles. The van der Waals surface area contributed by atoms with Crippen molar-refractivity contribution in [1.82, 2.24) is 25.1 Å². The number of aromatic nitrogens is 4. The van der Waals surface area contributed by atoms with Crippen molar-refractivity contribution in [2.24, 2.45) is 11.3 Å². The summed E-state index contributed by atoms with van der Waals surface area (Å²) >= 11 is 0. The molecule has 56 heavy (non-hydrogen) atoms. The monoisotopic (exact) mass is 799 g/mol. The van der Waals surface area contributed by atoms with E-state index < -0.39 is 51.3 Å². The smallest absolute Gasteiger partial charge is 0.425 e. The van der Waals surface area contributed by atoms with E-state index in [4.69, 9.17) is 27.8 Å². The Morgan fingerprint density at radius 2 is 1.45 bits per heavy atom. The summed E-state index contributed by atoms with van der Waals surface area (Å²) in [6, 6.07) is 7.13. The first kappa shape index (κ1) is 42.3. The molecular weight excluding hydrogens is 747 g/mol. The normalized spacial score (nSPS) is 20.0. The van der Waals surface area contributed by atoms with Crippen molar-refractivity contribution >= 4 is 40.0 Å². The molecule has 0 bridgehead atoms. The van der Waals surface area contributed by atoms with Gasteiger partial charge in [-0.25, -0.2) is 24.4 Å². The number of carbonyl (C=O) groups is 3. The SMILES string of the molecule is CN(Cc1ccc(-c2nnc(-c3nc(N4C[C@H]5C(OS(C)(=O)=O)CC[C@@]5(C)C4)cnc3N(C(=O)OC(C)(C)C)C(=O)OC(C)(C)C)o2)cc1)C(=O)OC(C)(C)C. The van der Waals surface area contributed by atoms with Gasteiger partial charge in [0.25, 0.3) is 16.0 Å². The summed E-state index contributed by atoms with van der Waals surface area (Å²) in [6.45, 7) is 18.7. The van der Waals surface area contributed by atoms with Crippen molar-refractivity contribution in [3.63, 3.8) is 0 Å². The van der Waals surface area contributed by atoms with Gasteiger partial charge in [0.1, 0.15) is 22.6 Å². The quantitative estimate of drug-likeness (QED) is 0.170. The number of fused-ring (bicyclic) bond motifs is 1. The van der Waals surface area contributed by atoms with Crippen LogP contribution >= 0.6 is 0 Å².